The number of carboxylic acids is 1. The Hall–Kier alpha value is -1.57. The maximum absolute atomic E-state index is 10.9. The molecule has 0 saturated carbocycles. The van der Waals surface area contributed by atoms with Crippen LogP contribution in [0.25, 0.3) is 5.57 Å². The Morgan fingerprint density at radius 1 is 1.36 bits per heavy atom. The molecule has 2 heteroatoms. The van der Waals surface area contributed by atoms with Gasteiger partial charge in [0.05, 0.1) is 5.97 Å². The smallest absolute Gasteiger partial charge is 0.0721 e. The SMILES string of the molecule is C=C1CCCc2cccc(C(=O)[O-])c21. The molecule has 2 rings (SSSR count). The molecule has 0 heterocycles. The largest absolute Gasteiger partial charge is 0.545 e. The predicted octanol–water partition coefficient (Wildman–Crippen LogP) is 1.40. The average Bonchev–Trinajstić information content (AvgIpc) is 2.17. The molecule has 1 aromatic rings. The lowest BCUT2D eigenvalue weighted by Crippen LogP contribution is -2.24. The molecule has 1 aliphatic rings. The van der Waals surface area contributed by atoms with E-state index in [1.54, 1.807) is 12.1 Å². The normalized spacial score (nSPS) is 15.0. The molecular formula is C12H11O2-. The Labute approximate surface area is 82.9 Å². The van der Waals surface area contributed by atoms with Crippen LogP contribution in [0.15, 0.2) is 24.8 Å². The first kappa shape index (κ1) is 9.00. The fourth-order valence-electron chi connectivity index (χ4n) is 2.01. The number of hydrogen-bond donors (Lipinski definition) is 0. The summed E-state index contributed by atoms with van der Waals surface area (Å²) in [5.41, 5.74) is 3.10. The molecule has 14 heavy (non-hydrogen) atoms. The molecule has 0 aliphatic heterocycles. The van der Waals surface area contributed by atoms with E-state index in [1.807, 2.05) is 6.07 Å². The number of benzene rings is 1. The lowest BCUT2D eigenvalue weighted by molar-refractivity contribution is -0.255. The third-order valence-electron chi connectivity index (χ3n) is 2.65. The zero-order valence-corrected chi connectivity index (χ0v) is 7.88. The summed E-state index contributed by atoms with van der Waals surface area (Å²) >= 11 is 0. The quantitative estimate of drug-likeness (QED) is 0.666. The van der Waals surface area contributed by atoms with Crippen LogP contribution >= 0.6 is 0 Å². The van der Waals surface area contributed by atoms with Crippen LogP contribution in [0.5, 0.6) is 0 Å². The van der Waals surface area contributed by atoms with Crippen LogP contribution in [-0.4, -0.2) is 5.97 Å². The van der Waals surface area contributed by atoms with Crippen LogP contribution in [0.2, 0.25) is 0 Å². The van der Waals surface area contributed by atoms with Gasteiger partial charge in [-0.1, -0.05) is 24.8 Å². The zero-order valence-electron chi connectivity index (χ0n) is 7.88. The summed E-state index contributed by atoms with van der Waals surface area (Å²) in [7, 11) is 0. The fraction of sp³-hybridized carbons (Fsp3) is 0.250. The number of rotatable bonds is 1. The highest BCUT2D eigenvalue weighted by molar-refractivity contribution is 5.93. The van der Waals surface area contributed by atoms with Crippen LogP contribution in [0.1, 0.15) is 34.3 Å². The molecule has 1 aromatic carbocycles. The van der Waals surface area contributed by atoms with Crippen LogP contribution in [0.4, 0.5) is 0 Å². The minimum atomic E-state index is -1.11. The lowest BCUT2D eigenvalue weighted by Gasteiger charge is -2.21. The van der Waals surface area contributed by atoms with Gasteiger partial charge >= 0.3 is 0 Å². The second-order valence-corrected chi connectivity index (χ2v) is 3.58. The van der Waals surface area contributed by atoms with Crippen molar-refractivity contribution in [3.8, 4) is 0 Å². The molecule has 0 fully saturated rings. The van der Waals surface area contributed by atoms with Gasteiger partial charge in [0.25, 0.3) is 0 Å². The van der Waals surface area contributed by atoms with E-state index in [9.17, 15) is 9.90 Å². The molecule has 1 aliphatic carbocycles. The zero-order chi connectivity index (χ0) is 10.1. The highest BCUT2D eigenvalue weighted by Gasteiger charge is 2.15. The maximum Gasteiger partial charge on any atom is 0.0721 e. The molecule has 0 unspecified atom stereocenters. The summed E-state index contributed by atoms with van der Waals surface area (Å²) in [5.74, 6) is -1.11. The number of carbonyl (C=O) groups is 1. The second kappa shape index (κ2) is 3.29. The van der Waals surface area contributed by atoms with E-state index in [0.29, 0.717) is 0 Å². The van der Waals surface area contributed by atoms with Crippen molar-refractivity contribution in [3.63, 3.8) is 0 Å². The van der Waals surface area contributed by atoms with Crippen molar-refractivity contribution in [1.82, 2.24) is 0 Å². The van der Waals surface area contributed by atoms with Gasteiger partial charge < -0.3 is 9.90 Å². The van der Waals surface area contributed by atoms with E-state index >= 15 is 0 Å². The predicted molar refractivity (Wildman–Crippen MR) is 52.7 cm³/mol. The van der Waals surface area contributed by atoms with Crippen molar-refractivity contribution >= 4 is 11.5 Å². The first-order valence-electron chi connectivity index (χ1n) is 4.71. The summed E-state index contributed by atoms with van der Waals surface area (Å²) in [6, 6.07) is 5.32. The summed E-state index contributed by atoms with van der Waals surface area (Å²) in [6.45, 7) is 3.91. The van der Waals surface area contributed by atoms with Crippen molar-refractivity contribution < 1.29 is 9.90 Å². The molecular weight excluding hydrogens is 176 g/mol. The number of aromatic carboxylic acids is 1. The van der Waals surface area contributed by atoms with E-state index in [4.69, 9.17) is 0 Å². The molecule has 0 radical (unpaired) electrons. The van der Waals surface area contributed by atoms with Gasteiger partial charge in [-0.3, -0.25) is 0 Å². The number of aryl methyl sites for hydroxylation is 1. The van der Waals surface area contributed by atoms with E-state index in [0.717, 1.165) is 36.0 Å². The van der Waals surface area contributed by atoms with Crippen molar-refractivity contribution in [2.75, 3.05) is 0 Å². The third-order valence-corrected chi connectivity index (χ3v) is 2.65. The van der Waals surface area contributed by atoms with E-state index in [2.05, 4.69) is 6.58 Å². The Morgan fingerprint density at radius 2 is 2.14 bits per heavy atom. The van der Waals surface area contributed by atoms with Gasteiger partial charge in [0.1, 0.15) is 0 Å². The van der Waals surface area contributed by atoms with Gasteiger partial charge in [0.2, 0.25) is 0 Å². The number of carbonyl (C=O) groups excluding carboxylic acids is 1. The topological polar surface area (TPSA) is 40.1 Å². The van der Waals surface area contributed by atoms with Gasteiger partial charge in [-0.25, -0.2) is 0 Å². The summed E-state index contributed by atoms with van der Waals surface area (Å²) in [6.07, 6.45) is 2.88. The molecule has 0 bridgehead atoms. The van der Waals surface area contributed by atoms with Crippen LogP contribution < -0.4 is 5.11 Å². The second-order valence-electron chi connectivity index (χ2n) is 3.58. The standard InChI is InChI=1S/C12H12O2/c1-8-4-2-5-9-6-3-7-10(11(8)9)12(13)14/h3,6-7H,1-2,4-5H2,(H,13,14)/p-1. The van der Waals surface area contributed by atoms with Crippen LogP contribution in [0.3, 0.4) is 0 Å². The highest BCUT2D eigenvalue weighted by Crippen LogP contribution is 2.31. The van der Waals surface area contributed by atoms with Gasteiger partial charge in [-0.2, -0.15) is 0 Å². The van der Waals surface area contributed by atoms with E-state index < -0.39 is 5.97 Å². The Morgan fingerprint density at radius 3 is 2.86 bits per heavy atom. The molecule has 0 aromatic heterocycles. The van der Waals surface area contributed by atoms with E-state index in [-0.39, 0.29) is 5.56 Å². The van der Waals surface area contributed by atoms with Gasteiger partial charge in [-0.05, 0) is 36.0 Å². The van der Waals surface area contributed by atoms with Gasteiger partial charge in [-0.15, -0.1) is 0 Å². The van der Waals surface area contributed by atoms with Gasteiger partial charge in [0.15, 0.2) is 0 Å². The molecule has 2 nitrogen and oxygen atoms in total. The first-order valence-corrected chi connectivity index (χ1v) is 4.71. The Kier molecular flexibility index (Phi) is 2.12. The molecule has 0 spiro atoms. The maximum atomic E-state index is 10.9. The average molecular weight is 187 g/mol. The monoisotopic (exact) mass is 187 g/mol. The summed E-state index contributed by atoms with van der Waals surface area (Å²) in [5, 5.41) is 10.9. The van der Waals surface area contributed by atoms with Crippen molar-refractivity contribution in [1.29, 1.82) is 0 Å². The number of hydrogen-bond acceptors (Lipinski definition) is 2. The van der Waals surface area contributed by atoms with Crippen molar-refractivity contribution in [3.05, 3.63) is 41.5 Å². The minimum absolute atomic E-state index is 0.284. The fourth-order valence-corrected chi connectivity index (χ4v) is 2.01. The molecule has 0 amide bonds. The molecule has 0 atom stereocenters. The summed E-state index contributed by atoms with van der Waals surface area (Å²) < 4.78 is 0. The van der Waals surface area contributed by atoms with Gasteiger partial charge in [0, 0.05) is 5.56 Å². The molecule has 0 saturated heterocycles. The molecule has 0 N–H and O–H groups in total. The number of allylic oxidation sites excluding steroid dienone is 1. The van der Waals surface area contributed by atoms with Crippen LogP contribution in [0, 0.1) is 0 Å². The third kappa shape index (κ3) is 1.33. The Balaban J connectivity index is 2.63. The number of fused-ring (bicyclic) bond motifs is 1. The Bertz CT molecular complexity index is 405. The van der Waals surface area contributed by atoms with Crippen molar-refractivity contribution in [2.45, 2.75) is 19.3 Å². The van der Waals surface area contributed by atoms with Crippen molar-refractivity contribution in [2.24, 2.45) is 0 Å². The van der Waals surface area contributed by atoms with E-state index in [1.165, 1.54) is 0 Å². The summed E-state index contributed by atoms with van der Waals surface area (Å²) in [4.78, 5) is 10.9. The number of carboxylic acid groups (broad SMARTS) is 1. The highest BCUT2D eigenvalue weighted by atomic mass is 16.4. The molecule has 72 valence electrons. The minimum Gasteiger partial charge on any atom is -0.545 e. The lowest BCUT2D eigenvalue weighted by atomic mass is 9.85. The first-order chi connectivity index (χ1) is 6.70. The van der Waals surface area contributed by atoms with Crippen LogP contribution in [-0.2, 0) is 6.42 Å².